The summed E-state index contributed by atoms with van der Waals surface area (Å²) < 4.78 is 5.12. The van der Waals surface area contributed by atoms with Crippen LogP contribution in [0.5, 0.6) is 5.75 Å². The average Bonchev–Trinajstić information content (AvgIpc) is 3.14. The molecular weight excluding hydrogens is 454 g/mol. The third kappa shape index (κ3) is 4.22. The van der Waals surface area contributed by atoms with Crippen molar-refractivity contribution in [2.75, 3.05) is 12.0 Å². The van der Waals surface area contributed by atoms with Crippen LogP contribution < -0.4 is 9.64 Å². The number of carbonyl (C=O) groups is 4. The van der Waals surface area contributed by atoms with E-state index in [0.717, 1.165) is 4.90 Å². The number of anilines is 1. The lowest BCUT2D eigenvalue weighted by atomic mass is 9.94. The predicted octanol–water partition coefficient (Wildman–Crippen LogP) is 3.72. The molecule has 176 valence electrons. The van der Waals surface area contributed by atoms with Crippen LogP contribution >= 0.6 is 0 Å². The Labute approximate surface area is 199 Å². The maximum absolute atomic E-state index is 13.2. The number of hydrogen-bond donors (Lipinski definition) is 3. The normalized spacial score (nSPS) is 16.8. The standard InChI is InChI=1S/C26H19NO8/c1-35-19-11-9-15(10-12-19)22(28)20-21(14-5-7-16(8-6-14)25(31)32)27(24(30)23(20)29)18-4-2-3-17(13-18)26(33)34/h2-13,21,28H,1H3,(H,31,32)(H,33,34). The lowest BCUT2D eigenvalue weighted by Crippen LogP contribution is -2.29. The van der Waals surface area contributed by atoms with Crippen LogP contribution in [0.3, 0.4) is 0 Å². The zero-order valence-electron chi connectivity index (χ0n) is 18.3. The molecule has 1 aliphatic heterocycles. The second-order valence-electron chi connectivity index (χ2n) is 7.68. The molecule has 3 aromatic rings. The van der Waals surface area contributed by atoms with E-state index in [1.165, 1.54) is 67.8 Å². The molecule has 1 saturated heterocycles. The number of aromatic carboxylic acids is 2. The van der Waals surface area contributed by atoms with Gasteiger partial charge in [0.05, 0.1) is 29.9 Å². The van der Waals surface area contributed by atoms with Gasteiger partial charge in [0.1, 0.15) is 11.5 Å². The smallest absolute Gasteiger partial charge is 0.335 e. The Morgan fingerprint density at radius 3 is 1.97 bits per heavy atom. The van der Waals surface area contributed by atoms with Crippen molar-refractivity contribution in [1.29, 1.82) is 0 Å². The number of nitrogens with zero attached hydrogens (tertiary/aromatic N) is 1. The van der Waals surface area contributed by atoms with Gasteiger partial charge in [-0.05, 0) is 60.2 Å². The SMILES string of the molecule is COc1ccc(C(O)=C2C(=O)C(=O)N(c3cccc(C(=O)O)c3)C2c2ccc(C(=O)O)cc2)cc1. The summed E-state index contributed by atoms with van der Waals surface area (Å²) in [4.78, 5) is 50.2. The number of benzene rings is 3. The van der Waals surface area contributed by atoms with E-state index in [9.17, 15) is 34.5 Å². The Hall–Kier alpha value is -4.92. The minimum absolute atomic E-state index is 0.00581. The maximum atomic E-state index is 13.2. The number of carbonyl (C=O) groups excluding carboxylic acids is 2. The highest BCUT2D eigenvalue weighted by molar-refractivity contribution is 6.51. The fraction of sp³-hybridized carbons (Fsp3) is 0.0769. The van der Waals surface area contributed by atoms with E-state index in [1.807, 2.05) is 0 Å². The summed E-state index contributed by atoms with van der Waals surface area (Å²) in [6.07, 6.45) is 0. The van der Waals surface area contributed by atoms with E-state index in [4.69, 9.17) is 4.74 Å². The molecule has 9 heteroatoms. The summed E-state index contributed by atoms with van der Waals surface area (Å²) in [6.45, 7) is 0. The Bertz CT molecular complexity index is 1370. The van der Waals surface area contributed by atoms with Crippen LogP contribution in [0.15, 0.2) is 78.4 Å². The molecule has 1 amide bonds. The Balaban J connectivity index is 1.93. The number of hydrogen-bond acceptors (Lipinski definition) is 6. The number of carboxylic acid groups (broad SMARTS) is 2. The van der Waals surface area contributed by atoms with Gasteiger partial charge in [0.25, 0.3) is 11.7 Å². The van der Waals surface area contributed by atoms with E-state index in [1.54, 1.807) is 12.1 Å². The molecule has 1 heterocycles. The zero-order chi connectivity index (χ0) is 25.3. The van der Waals surface area contributed by atoms with Crippen LogP contribution in [-0.4, -0.2) is 46.1 Å². The fourth-order valence-electron chi connectivity index (χ4n) is 3.92. The summed E-state index contributed by atoms with van der Waals surface area (Å²) in [5.41, 5.74) is 0.422. The first-order valence-corrected chi connectivity index (χ1v) is 10.3. The van der Waals surface area contributed by atoms with E-state index < -0.39 is 35.4 Å². The molecule has 1 aliphatic rings. The molecule has 9 nitrogen and oxygen atoms in total. The minimum atomic E-state index is -1.22. The third-order valence-electron chi connectivity index (χ3n) is 5.65. The molecule has 0 aliphatic carbocycles. The number of ether oxygens (including phenoxy) is 1. The monoisotopic (exact) mass is 473 g/mol. The number of aliphatic hydroxyl groups excluding tert-OH is 1. The topological polar surface area (TPSA) is 141 Å². The Morgan fingerprint density at radius 2 is 1.40 bits per heavy atom. The number of ketones is 1. The summed E-state index contributed by atoms with van der Waals surface area (Å²) in [5, 5.41) is 29.7. The summed E-state index contributed by atoms with van der Waals surface area (Å²) in [6, 6.07) is 16.1. The van der Waals surface area contributed by atoms with Gasteiger partial charge in [-0.15, -0.1) is 0 Å². The van der Waals surface area contributed by atoms with E-state index in [-0.39, 0.29) is 28.0 Å². The molecule has 1 fully saturated rings. The number of aliphatic hydroxyl groups is 1. The summed E-state index contributed by atoms with van der Waals surface area (Å²) >= 11 is 0. The number of methoxy groups -OCH3 is 1. The van der Waals surface area contributed by atoms with Crippen LogP contribution in [0.1, 0.15) is 37.9 Å². The Kier molecular flexibility index (Phi) is 6.07. The van der Waals surface area contributed by atoms with Crippen molar-refractivity contribution in [1.82, 2.24) is 0 Å². The van der Waals surface area contributed by atoms with E-state index in [0.29, 0.717) is 11.3 Å². The van der Waals surface area contributed by atoms with Gasteiger partial charge in [-0.25, -0.2) is 9.59 Å². The summed E-state index contributed by atoms with van der Waals surface area (Å²) in [7, 11) is 1.48. The second kappa shape index (κ2) is 9.14. The van der Waals surface area contributed by atoms with Crippen LogP contribution in [-0.2, 0) is 9.59 Å². The second-order valence-corrected chi connectivity index (χ2v) is 7.68. The first-order chi connectivity index (χ1) is 16.7. The van der Waals surface area contributed by atoms with Gasteiger partial charge in [0.2, 0.25) is 0 Å². The van der Waals surface area contributed by atoms with Crippen LogP contribution in [0.25, 0.3) is 5.76 Å². The van der Waals surface area contributed by atoms with Crippen molar-refractivity contribution in [2.24, 2.45) is 0 Å². The average molecular weight is 473 g/mol. The van der Waals surface area contributed by atoms with Crippen molar-refractivity contribution < 1.29 is 39.2 Å². The number of carboxylic acids is 2. The molecule has 4 rings (SSSR count). The molecule has 0 radical (unpaired) electrons. The molecule has 1 unspecified atom stereocenters. The van der Waals surface area contributed by atoms with Gasteiger partial charge in [-0.1, -0.05) is 18.2 Å². The minimum Gasteiger partial charge on any atom is -0.507 e. The van der Waals surface area contributed by atoms with Crippen molar-refractivity contribution in [3.63, 3.8) is 0 Å². The molecular formula is C26H19NO8. The van der Waals surface area contributed by atoms with Gasteiger partial charge in [0.15, 0.2) is 0 Å². The van der Waals surface area contributed by atoms with Gasteiger partial charge in [-0.3, -0.25) is 14.5 Å². The van der Waals surface area contributed by atoms with Crippen LogP contribution in [0.2, 0.25) is 0 Å². The predicted molar refractivity (Wildman–Crippen MR) is 125 cm³/mol. The molecule has 0 saturated carbocycles. The molecule has 0 aromatic heterocycles. The molecule has 35 heavy (non-hydrogen) atoms. The van der Waals surface area contributed by atoms with Crippen molar-refractivity contribution in [2.45, 2.75) is 6.04 Å². The highest BCUT2D eigenvalue weighted by Gasteiger charge is 2.47. The molecule has 0 spiro atoms. The van der Waals surface area contributed by atoms with Gasteiger partial charge < -0.3 is 20.1 Å². The Morgan fingerprint density at radius 1 is 0.800 bits per heavy atom. The lowest BCUT2D eigenvalue weighted by molar-refractivity contribution is -0.132. The molecule has 0 bridgehead atoms. The first-order valence-electron chi connectivity index (χ1n) is 10.3. The molecule has 1 atom stereocenters. The number of amides is 1. The maximum Gasteiger partial charge on any atom is 0.335 e. The van der Waals surface area contributed by atoms with Gasteiger partial charge in [0, 0.05) is 11.3 Å². The number of Topliss-reactive ketones (excluding diaryl/α,β-unsaturated/α-hetero) is 1. The third-order valence-corrected chi connectivity index (χ3v) is 5.65. The van der Waals surface area contributed by atoms with Crippen molar-refractivity contribution >= 4 is 35.1 Å². The zero-order valence-corrected chi connectivity index (χ0v) is 18.3. The lowest BCUT2D eigenvalue weighted by Gasteiger charge is -2.25. The van der Waals surface area contributed by atoms with Crippen LogP contribution in [0, 0.1) is 0 Å². The molecule has 3 N–H and O–H groups in total. The van der Waals surface area contributed by atoms with Crippen molar-refractivity contribution in [3.05, 3.63) is 101 Å². The van der Waals surface area contributed by atoms with Gasteiger partial charge >= 0.3 is 11.9 Å². The first kappa shape index (κ1) is 23.2. The largest absolute Gasteiger partial charge is 0.507 e. The van der Waals surface area contributed by atoms with E-state index in [2.05, 4.69) is 0 Å². The van der Waals surface area contributed by atoms with Crippen molar-refractivity contribution in [3.8, 4) is 5.75 Å². The summed E-state index contributed by atoms with van der Waals surface area (Å²) in [5.74, 6) is -4.22. The van der Waals surface area contributed by atoms with Gasteiger partial charge in [-0.2, -0.15) is 0 Å². The fourth-order valence-corrected chi connectivity index (χ4v) is 3.92. The van der Waals surface area contributed by atoms with Crippen LogP contribution in [0.4, 0.5) is 5.69 Å². The number of rotatable bonds is 6. The molecule has 3 aromatic carbocycles. The van der Waals surface area contributed by atoms with E-state index >= 15 is 0 Å². The highest BCUT2D eigenvalue weighted by Crippen LogP contribution is 2.42. The highest BCUT2D eigenvalue weighted by atomic mass is 16.5. The quantitative estimate of drug-likeness (QED) is 0.279.